The number of carbonyl (C=O) groups is 1. The summed E-state index contributed by atoms with van der Waals surface area (Å²) in [6.07, 6.45) is 7.39. The number of nitrogens with one attached hydrogen (secondary N) is 1. The molecule has 5 nitrogen and oxygen atoms in total. The molecule has 1 amide bonds. The molecule has 0 spiro atoms. The molecule has 1 saturated heterocycles. The maximum absolute atomic E-state index is 11.8. The Morgan fingerprint density at radius 3 is 3.00 bits per heavy atom. The van der Waals surface area contributed by atoms with E-state index < -0.39 is 0 Å². The van der Waals surface area contributed by atoms with E-state index in [0.29, 0.717) is 19.1 Å². The van der Waals surface area contributed by atoms with Crippen molar-refractivity contribution in [2.45, 2.75) is 31.7 Å². The Morgan fingerprint density at radius 2 is 2.16 bits per heavy atom. The van der Waals surface area contributed by atoms with Crippen LogP contribution in [0.4, 0.5) is 5.69 Å². The summed E-state index contributed by atoms with van der Waals surface area (Å²) in [6.45, 7) is 1.76. The van der Waals surface area contributed by atoms with Crippen molar-refractivity contribution in [2.75, 3.05) is 25.1 Å². The van der Waals surface area contributed by atoms with E-state index in [9.17, 15) is 4.79 Å². The summed E-state index contributed by atoms with van der Waals surface area (Å²) in [5.41, 5.74) is 4.37. The second kappa shape index (κ2) is 6.84. The van der Waals surface area contributed by atoms with Crippen LogP contribution in [0.3, 0.4) is 0 Å². The maximum Gasteiger partial charge on any atom is 0.227 e. The summed E-state index contributed by atoms with van der Waals surface area (Å²) >= 11 is 0. The average molecular weight is 337 g/mol. The lowest BCUT2D eigenvalue weighted by Gasteiger charge is -2.26. The minimum Gasteiger partial charge on any atom is -0.490 e. The largest absolute Gasteiger partial charge is 0.490 e. The highest BCUT2D eigenvalue weighted by atomic mass is 16.5. The van der Waals surface area contributed by atoms with Gasteiger partial charge in [0, 0.05) is 37.0 Å². The number of rotatable bonds is 4. The van der Waals surface area contributed by atoms with Gasteiger partial charge in [-0.2, -0.15) is 0 Å². The van der Waals surface area contributed by atoms with Gasteiger partial charge in [0.1, 0.15) is 12.4 Å². The predicted molar refractivity (Wildman–Crippen MR) is 97.9 cm³/mol. The molecule has 5 heteroatoms. The Morgan fingerprint density at radius 1 is 1.24 bits per heavy atom. The molecule has 25 heavy (non-hydrogen) atoms. The van der Waals surface area contributed by atoms with Gasteiger partial charge in [-0.15, -0.1) is 0 Å². The fourth-order valence-electron chi connectivity index (χ4n) is 3.59. The van der Waals surface area contributed by atoms with Gasteiger partial charge in [-0.1, -0.05) is 6.07 Å². The molecule has 2 aliphatic heterocycles. The molecule has 1 aromatic carbocycles. The number of anilines is 1. The van der Waals surface area contributed by atoms with Gasteiger partial charge in [0.25, 0.3) is 0 Å². The molecular formula is C20H23N3O2. The normalized spacial score (nSPS) is 19.8. The van der Waals surface area contributed by atoms with E-state index >= 15 is 0 Å². The highest BCUT2D eigenvalue weighted by Gasteiger charge is 2.21. The zero-order chi connectivity index (χ0) is 17.2. The SMILES string of the molecule is CN1C(=O)CCc2cc(-c3cncc(OC[C@@H]4CCCN4)c3)ccc21. The molecule has 0 saturated carbocycles. The van der Waals surface area contributed by atoms with Crippen LogP contribution >= 0.6 is 0 Å². The van der Waals surface area contributed by atoms with Crippen molar-refractivity contribution in [3.63, 3.8) is 0 Å². The van der Waals surface area contributed by atoms with Gasteiger partial charge in [0.2, 0.25) is 5.91 Å². The monoisotopic (exact) mass is 337 g/mol. The molecule has 1 atom stereocenters. The van der Waals surface area contributed by atoms with Crippen molar-refractivity contribution < 1.29 is 9.53 Å². The maximum atomic E-state index is 11.8. The minimum atomic E-state index is 0.179. The van der Waals surface area contributed by atoms with Gasteiger partial charge < -0.3 is 15.0 Å². The summed E-state index contributed by atoms with van der Waals surface area (Å²) in [5.74, 6) is 0.981. The molecule has 2 aliphatic rings. The summed E-state index contributed by atoms with van der Waals surface area (Å²) in [6, 6.07) is 8.73. The Labute approximate surface area is 148 Å². The molecule has 130 valence electrons. The standard InChI is InChI=1S/C20H23N3O2/c1-23-19-6-4-14(9-15(19)5-7-20(23)24)16-10-18(12-21-11-16)25-13-17-3-2-8-22-17/h4,6,9-12,17,22H,2-3,5,7-8,13H2,1H3/t17-/m0/s1. The lowest BCUT2D eigenvalue weighted by atomic mass is 9.97. The van der Waals surface area contributed by atoms with E-state index in [4.69, 9.17) is 4.74 Å². The lowest BCUT2D eigenvalue weighted by Crippen LogP contribution is -2.30. The number of ether oxygens (including phenoxy) is 1. The molecule has 3 heterocycles. The molecule has 1 fully saturated rings. The van der Waals surface area contributed by atoms with E-state index in [1.807, 2.05) is 31.4 Å². The Bertz CT molecular complexity index is 784. The van der Waals surface area contributed by atoms with Crippen LogP contribution < -0.4 is 15.0 Å². The van der Waals surface area contributed by atoms with E-state index in [0.717, 1.165) is 35.5 Å². The Hall–Kier alpha value is -2.40. The van der Waals surface area contributed by atoms with Gasteiger partial charge in [0.05, 0.1) is 6.20 Å². The molecule has 4 rings (SSSR count). The number of fused-ring (bicyclic) bond motifs is 1. The molecule has 1 aromatic heterocycles. The molecule has 0 unspecified atom stereocenters. The molecular weight excluding hydrogens is 314 g/mol. The molecule has 0 radical (unpaired) electrons. The second-order valence-corrected chi connectivity index (χ2v) is 6.81. The van der Waals surface area contributed by atoms with E-state index in [1.165, 1.54) is 18.4 Å². The zero-order valence-electron chi connectivity index (χ0n) is 14.5. The van der Waals surface area contributed by atoms with Crippen LogP contribution in [-0.2, 0) is 11.2 Å². The molecule has 0 bridgehead atoms. The third-order valence-electron chi connectivity index (χ3n) is 5.08. The van der Waals surface area contributed by atoms with Crippen LogP contribution in [-0.4, -0.2) is 37.1 Å². The first kappa shape index (κ1) is 16.1. The second-order valence-electron chi connectivity index (χ2n) is 6.81. The van der Waals surface area contributed by atoms with Gasteiger partial charge in [0.15, 0.2) is 0 Å². The third-order valence-corrected chi connectivity index (χ3v) is 5.08. The first-order valence-corrected chi connectivity index (χ1v) is 8.92. The van der Waals surface area contributed by atoms with Crippen LogP contribution in [0.15, 0.2) is 36.7 Å². The molecule has 0 aliphatic carbocycles. The van der Waals surface area contributed by atoms with Crippen molar-refractivity contribution in [3.05, 3.63) is 42.2 Å². The fraction of sp³-hybridized carbons (Fsp3) is 0.400. The number of carbonyl (C=O) groups excluding carboxylic acids is 1. The van der Waals surface area contributed by atoms with Crippen molar-refractivity contribution in [2.24, 2.45) is 0 Å². The number of aryl methyl sites for hydroxylation is 1. The highest BCUT2D eigenvalue weighted by molar-refractivity contribution is 5.96. The van der Waals surface area contributed by atoms with Gasteiger partial charge in [-0.25, -0.2) is 0 Å². The van der Waals surface area contributed by atoms with E-state index in [-0.39, 0.29) is 5.91 Å². The Balaban J connectivity index is 1.53. The Kier molecular flexibility index (Phi) is 4.40. The van der Waals surface area contributed by atoms with Crippen LogP contribution in [0.1, 0.15) is 24.8 Å². The van der Waals surface area contributed by atoms with Gasteiger partial charge >= 0.3 is 0 Å². The summed E-state index contributed by atoms with van der Waals surface area (Å²) in [4.78, 5) is 17.9. The molecule has 2 aromatic rings. The predicted octanol–water partition coefficient (Wildman–Crippen LogP) is 2.79. The number of amides is 1. The third kappa shape index (κ3) is 3.37. The number of aromatic nitrogens is 1. The van der Waals surface area contributed by atoms with Crippen molar-refractivity contribution in [1.29, 1.82) is 0 Å². The van der Waals surface area contributed by atoms with Crippen molar-refractivity contribution in [3.8, 4) is 16.9 Å². The zero-order valence-corrected chi connectivity index (χ0v) is 14.5. The number of nitrogens with zero attached hydrogens (tertiary/aromatic N) is 2. The van der Waals surface area contributed by atoms with Crippen LogP contribution in [0.2, 0.25) is 0 Å². The highest BCUT2D eigenvalue weighted by Crippen LogP contribution is 2.32. The quantitative estimate of drug-likeness (QED) is 0.932. The first-order valence-electron chi connectivity index (χ1n) is 8.92. The van der Waals surface area contributed by atoms with Gasteiger partial charge in [-0.05, 0) is 55.1 Å². The summed E-state index contributed by atoms with van der Waals surface area (Å²) in [7, 11) is 1.84. The summed E-state index contributed by atoms with van der Waals surface area (Å²) in [5, 5.41) is 3.44. The number of hydrogen-bond donors (Lipinski definition) is 1. The fourth-order valence-corrected chi connectivity index (χ4v) is 3.59. The number of pyridine rings is 1. The average Bonchev–Trinajstić information content (AvgIpc) is 3.17. The van der Waals surface area contributed by atoms with Crippen LogP contribution in [0, 0.1) is 0 Å². The summed E-state index contributed by atoms with van der Waals surface area (Å²) < 4.78 is 5.92. The minimum absolute atomic E-state index is 0.179. The van der Waals surface area contributed by atoms with Crippen LogP contribution in [0.5, 0.6) is 5.75 Å². The van der Waals surface area contributed by atoms with E-state index in [2.05, 4.69) is 16.4 Å². The lowest BCUT2D eigenvalue weighted by molar-refractivity contribution is -0.118. The topological polar surface area (TPSA) is 54.5 Å². The smallest absolute Gasteiger partial charge is 0.227 e. The first-order chi connectivity index (χ1) is 12.2. The van der Waals surface area contributed by atoms with Crippen LogP contribution in [0.25, 0.3) is 11.1 Å². The number of benzene rings is 1. The van der Waals surface area contributed by atoms with Crippen molar-refractivity contribution in [1.82, 2.24) is 10.3 Å². The van der Waals surface area contributed by atoms with Gasteiger partial charge in [-0.3, -0.25) is 9.78 Å². The molecule has 1 N–H and O–H groups in total. The van der Waals surface area contributed by atoms with Crippen molar-refractivity contribution >= 4 is 11.6 Å². The number of hydrogen-bond acceptors (Lipinski definition) is 4. The van der Waals surface area contributed by atoms with E-state index in [1.54, 1.807) is 11.1 Å².